The number of unbranched alkanes of at least 4 members (excludes halogenated alkanes) is 1. The summed E-state index contributed by atoms with van der Waals surface area (Å²) >= 11 is 0. The lowest BCUT2D eigenvalue weighted by Crippen LogP contribution is -2.42. The van der Waals surface area contributed by atoms with E-state index in [2.05, 4.69) is 37.1 Å². The molecule has 4 heterocycles. The normalized spacial score (nSPS) is 21.3. The minimum Gasteiger partial charge on any atom is -0.496 e. The monoisotopic (exact) mass is 655 g/mol. The van der Waals surface area contributed by atoms with Crippen molar-refractivity contribution in [3.8, 4) is 11.5 Å². The number of likely N-dealkylation sites (tertiary alicyclic amines) is 1. The summed E-state index contributed by atoms with van der Waals surface area (Å²) in [5, 5.41) is 3.41. The van der Waals surface area contributed by atoms with Gasteiger partial charge in [-0.3, -0.25) is 9.69 Å². The van der Waals surface area contributed by atoms with E-state index in [-0.39, 0.29) is 35.7 Å². The van der Waals surface area contributed by atoms with Gasteiger partial charge in [-0.25, -0.2) is 13.8 Å². The Balaban J connectivity index is 1.28. The van der Waals surface area contributed by atoms with Gasteiger partial charge in [0.15, 0.2) is 5.78 Å². The van der Waals surface area contributed by atoms with Crippen molar-refractivity contribution in [2.75, 3.05) is 45.3 Å². The van der Waals surface area contributed by atoms with E-state index in [1.54, 1.807) is 21.0 Å². The van der Waals surface area contributed by atoms with Crippen LogP contribution in [0.25, 0.3) is 0 Å². The van der Waals surface area contributed by atoms with Crippen LogP contribution in [0.15, 0.2) is 18.2 Å². The third-order valence-corrected chi connectivity index (χ3v) is 10.4. The predicted octanol–water partition coefficient (Wildman–Crippen LogP) is 7.68. The molecule has 0 aliphatic carbocycles. The van der Waals surface area contributed by atoms with Gasteiger partial charge >= 0.3 is 0 Å². The molecule has 3 aliphatic rings. The van der Waals surface area contributed by atoms with Crippen molar-refractivity contribution in [3.05, 3.63) is 46.4 Å². The molecule has 3 aliphatic heterocycles. The van der Waals surface area contributed by atoms with Crippen LogP contribution in [0, 0.1) is 23.1 Å². The van der Waals surface area contributed by atoms with Crippen LogP contribution in [-0.2, 0) is 28.8 Å². The number of rotatable bonds is 13. The maximum Gasteiger partial charge on any atom is 0.158 e. The number of carbonyl (C=O) groups excluding carboxylic acids is 1. The summed E-state index contributed by atoms with van der Waals surface area (Å²) in [5.41, 5.74) is 1.82. The highest BCUT2D eigenvalue weighted by molar-refractivity contribution is 5.88. The van der Waals surface area contributed by atoms with Crippen LogP contribution in [0.4, 0.5) is 14.6 Å². The molecule has 0 radical (unpaired) electrons. The number of Topliss-reactive ketones (excluding diaryl/α,β-unsaturated/α-hetero) is 1. The number of hydrogen-bond acceptors (Lipinski definition) is 7. The zero-order chi connectivity index (χ0) is 33.9. The predicted molar refractivity (Wildman–Crippen MR) is 182 cm³/mol. The number of nitrogens with zero attached hydrogens (tertiary/aromatic N) is 2. The number of halogens is 2. The van der Waals surface area contributed by atoms with Crippen molar-refractivity contribution in [1.29, 1.82) is 0 Å². The Morgan fingerprint density at radius 2 is 1.96 bits per heavy atom. The number of hydrogen-bond donors (Lipinski definition) is 1. The van der Waals surface area contributed by atoms with Crippen LogP contribution in [0.3, 0.4) is 0 Å². The molecule has 1 N–H and O–H groups in total. The van der Waals surface area contributed by atoms with Crippen LogP contribution in [0.1, 0.15) is 102 Å². The number of ketones is 1. The van der Waals surface area contributed by atoms with E-state index in [9.17, 15) is 4.79 Å². The fourth-order valence-electron chi connectivity index (χ4n) is 7.67. The lowest BCUT2D eigenvalue weighted by atomic mass is 9.72. The number of ether oxygens (including phenoxy) is 3. The Kier molecular flexibility index (Phi) is 11.2. The molecule has 4 unspecified atom stereocenters. The van der Waals surface area contributed by atoms with Gasteiger partial charge in [0, 0.05) is 67.0 Å². The first-order valence-corrected chi connectivity index (χ1v) is 17.6. The number of aromatic nitrogens is 1. The summed E-state index contributed by atoms with van der Waals surface area (Å²) in [5.74, 6) is 1.32. The first-order chi connectivity index (χ1) is 22.3. The molecule has 5 rings (SSSR count). The molecule has 2 aromatic rings. The number of carbonyl (C=O) groups is 1. The van der Waals surface area contributed by atoms with Crippen molar-refractivity contribution < 1.29 is 27.8 Å². The first-order valence-electron chi connectivity index (χ1n) is 17.6. The molecule has 1 fully saturated rings. The Bertz CT molecular complexity index is 1390. The number of nitrogens with one attached hydrogen (secondary N) is 1. The molecule has 9 heteroatoms. The van der Waals surface area contributed by atoms with E-state index < -0.39 is 17.5 Å². The highest BCUT2D eigenvalue weighted by Crippen LogP contribution is 2.43. The average Bonchev–Trinajstić information content (AvgIpc) is 3.47. The molecule has 7 nitrogen and oxygen atoms in total. The zero-order valence-corrected chi connectivity index (χ0v) is 29.5. The van der Waals surface area contributed by atoms with E-state index >= 15 is 8.78 Å². The maximum atomic E-state index is 15.2. The first kappa shape index (κ1) is 35.5. The molecule has 1 aromatic carbocycles. The van der Waals surface area contributed by atoms with Gasteiger partial charge in [-0.05, 0) is 82.3 Å². The van der Waals surface area contributed by atoms with E-state index in [4.69, 9.17) is 19.2 Å². The second-order valence-corrected chi connectivity index (χ2v) is 15.3. The number of alkyl halides is 1. The third-order valence-electron chi connectivity index (χ3n) is 10.4. The number of fused-ring (bicyclic) bond motifs is 2. The van der Waals surface area contributed by atoms with Crippen LogP contribution in [0.2, 0.25) is 0 Å². The van der Waals surface area contributed by atoms with Crippen molar-refractivity contribution in [2.24, 2.45) is 17.3 Å². The number of benzene rings is 1. The van der Waals surface area contributed by atoms with Gasteiger partial charge in [0.25, 0.3) is 0 Å². The van der Waals surface area contributed by atoms with Crippen LogP contribution < -0.4 is 14.8 Å². The third kappa shape index (κ3) is 8.27. The van der Waals surface area contributed by atoms with Gasteiger partial charge in [-0.2, -0.15) is 0 Å². The largest absolute Gasteiger partial charge is 0.496 e. The maximum absolute atomic E-state index is 15.2. The quantitative estimate of drug-likeness (QED) is 0.222. The topological polar surface area (TPSA) is 72.9 Å². The highest BCUT2D eigenvalue weighted by atomic mass is 19.1. The zero-order valence-electron chi connectivity index (χ0n) is 29.5. The van der Waals surface area contributed by atoms with Gasteiger partial charge in [0.2, 0.25) is 0 Å². The second kappa shape index (κ2) is 14.8. The van der Waals surface area contributed by atoms with Crippen molar-refractivity contribution in [2.45, 2.75) is 111 Å². The molecular weight excluding hydrogens is 600 g/mol. The van der Waals surface area contributed by atoms with Crippen molar-refractivity contribution >= 4 is 11.6 Å². The Morgan fingerprint density at radius 1 is 1.17 bits per heavy atom. The molecule has 0 spiro atoms. The number of methoxy groups -OCH3 is 1. The van der Waals surface area contributed by atoms with Crippen LogP contribution >= 0.6 is 0 Å². The fourth-order valence-corrected chi connectivity index (χ4v) is 7.67. The molecule has 260 valence electrons. The summed E-state index contributed by atoms with van der Waals surface area (Å²) in [6.07, 6.45) is 6.60. The summed E-state index contributed by atoms with van der Waals surface area (Å²) in [4.78, 5) is 21.5. The minimum atomic E-state index is -1.47. The molecule has 0 bridgehead atoms. The van der Waals surface area contributed by atoms with Gasteiger partial charge in [-0.1, -0.05) is 27.7 Å². The smallest absolute Gasteiger partial charge is 0.158 e. The Hall–Kier alpha value is -2.78. The Labute approximate surface area is 280 Å². The van der Waals surface area contributed by atoms with Crippen molar-refractivity contribution in [1.82, 2.24) is 9.88 Å². The molecule has 0 saturated carbocycles. The standard InChI is InChI=1S/C38H55F2N3O4/c1-8-31(37(2,3)4)35(44)34(30-19-25(39)20-33-29(30)18-24(23-47-33)38(5,6)40)43-16-14-27(22-43)46-17-10-9-12-26-21-32(45-7)28-13-11-15-41-36(28)42-26/h19-21,24,27,31,34H,8-18,22-23H2,1-7H3,(H,41,42). The fraction of sp³-hybridized carbons (Fsp3) is 0.684. The Morgan fingerprint density at radius 3 is 2.66 bits per heavy atom. The van der Waals surface area contributed by atoms with E-state index in [1.807, 2.05) is 6.92 Å². The number of aryl methyl sites for hydroxylation is 1. The van der Waals surface area contributed by atoms with E-state index in [0.29, 0.717) is 43.9 Å². The summed E-state index contributed by atoms with van der Waals surface area (Å²) in [6, 6.07) is 4.28. The molecule has 47 heavy (non-hydrogen) atoms. The van der Waals surface area contributed by atoms with Gasteiger partial charge in [0.1, 0.15) is 28.8 Å². The molecule has 1 aromatic heterocycles. The number of anilines is 1. The summed E-state index contributed by atoms with van der Waals surface area (Å²) in [6.45, 7) is 14.4. The molecule has 0 amide bonds. The second-order valence-electron chi connectivity index (χ2n) is 15.3. The van der Waals surface area contributed by atoms with Gasteiger partial charge in [-0.15, -0.1) is 0 Å². The van der Waals surface area contributed by atoms with Gasteiger partial charge < -0.3 is 19.5 Å². The summed E-state index contributed by atoms with van der Waals surface area (Å²) in [7, 11) is 1.72. The summed E-state index contributed by atoms with van der Waals surface area (Å²) < 4.78 is 48.3. The molecule has 1 saturated heterocycles. The van der Waals surface area contributed by atoms with Crippen molar-refractivity contribution in [3.63, 3.8) is 0 Å². The SMILES string of the molecule is CCC(C(=O)C(c1cc(F)cc2c1CC(C(C)(C)F)CO2)N1CCC(OCCCCc2cc(OC)c3c(n2)NCCC3)C1)C(C)(C)C. The molecular formula is C38H55F2N3O4. The average molecular weight is 656 g/mol. The van der Waals surface area contributed by atoms with Crippen LogP contribution in [0.5, 0.6) is 11.5 Å². The molecule has 4 atom stereocenters. The number of pyridine rings is 1. The highest BCUT2D eigenvalue weighted by Gasteiger charge is 2.43. The van der Waals surface area contributed by atoms with E-state index in [1.165, 1.54) is 17.7 Å². The van der Waals surface area contributed by atoms with E-state index in [0.717, 1.165) is 67.9 Å². The van der Waals surface area contributed by atoms with Gasteiger partial charge in [0.05, 0.1) is 25.9 Å². The minimum absolute atomic E-state index is 0.0238. The lowest BCUT2D eigenvalue weighted by Gasteiger charge is -2.38. The van der Waals surface area contributed by atoms with Crippen LogP contribution in [-0.4, -0.2) is 67.4 Å². The lowest BCUT2D eigenvalue weighted by molar-refractivity contribution is -0.131.